The van der Waals surface area contributed by atoms with Crippen molar-refractivity contribution in [3.05, 3.63) is 65.2 Å². The molecule has 0 saturated carbocycles. The molecule has 32 heavy (non-hydrogen) atoms. The number of hydrogen-bond donors (Lipinski definition) is 1. The van der Waals surface area contributed by atoms with Crippen molar-refractivity contribution in [2.24, 2.45) is 0 Å². The van der Waals surface area contributed by atoms with Gasteiger partial charge in [-0.15, -0.1) is 0 Å². The molecule has 2 aromatic rings. The number of hydrogen-bond acceptors (Lipinski definition) is 4. The fourth-order valence-electron chi connectivity index (χ4n) is 4.52. The van der Waals surface area contributed by atoms with Gasteiger partial charge in [-0.2, -0.15) is 0 Å². The molecule has 0 radical (unpaired) electrons. The predicted molar refractivity (Wildman–Crippen MR) is 121 cm³/mol. The highest BCUT2D eigenvalue weighted by Gasteiger charge is 2.52. The van der Waals surface area contributed by atoms with Gasteiger partial charge in [-0.25, -0.2) is 0 Å². The van der Waals surface area contributed by atoms with Crippen LogP contribution in [-0.2, 0) is 27.5 Å². The number of anilines is 1. The first kappa shape index (κ1) is 22.0. The van der Waals surface area contributed by atoms with E-state index in [-0.39, 0.29) is 30.7 Å². The van der Waals surface area contributed by atoms with Gasteiger partial charge in [-0.3, -0.25) is 19.3 Å². The summed E-state index contributed by atoms with van der Waals surface area (Å²) in [6.45, 7) is 5.80. The van der Waals surface area contributed by atoms with Crippen LogP contribution in [0.1, 0.15) is 54.6 Å². The van der Waals surface area contributed by atoms with Gasteiger partial charge < -0.3 is 15.0 Å². The van der Waals surface area contributed by atoms with Crippen LogP contribution in [0.5, 0.6) is 0 Å². The smallest absolute Gasteiger partial charge is 0.257 e. The third-order valence-corrected chi connectivity index (χ3v) is 6.29. The molecule has 168 valence electrons. The summed E-state index contributed by atoms with van der Waals surface area (Å²) in [5.74, 6) is -0.254. The first-order valence-electron chi connectivity index (χ1n) is 11.1. The number of rotatable bonds is 8. The van der Waals surface area contributed by atoms with Crippen molar-refractivity contribution in [2.75, 3.05) is 18.1 Å². The van der Waals surface area contributed by atoms with Crippen LogP contribution >= 0.6 is 0 Å². The zero-order valence-corrected chi connectivity index (χ0v) is 18.6. The van der Waals surface area contributed by atoms with E-state index >= 15 is 0 Å². The fourth-order valence-corrected chi connectivity index (χ4v) is 4.52. The quantitative estimate of drug-likeness (QED) is 0.691. The molecule has 1 saturated heterocycles. The van der Waals surface area contributed by atoms with E-state index in [0.717, 1.165) is 11.1 Å². The first-order valence-corrected chi connectivity index (χ1v) is 11.1. The second-order valence-corrected chi connectivity index (χ2v) is 8.40. The number of nitrogens with zero attached hydrogens (tertiary/aromatic N) is 2. The molecule has 2 aliphatic rings. The van der Waals surface area contributed by atoms with Crippen LogP contribution in [0, 0.1) is 0 Å². The lowest BCUT2D eigenvalue weighted by Gasteiger charge is -2.48. The first-order chi connectivity index (χ1) is 15.4. The summed E-state index contributed by atoms with van der Waals surface area (Å²) in [6.07, 6.45) is 1.12. The van der Waals surface area contributed by atoms with E-state index < -0.39 is 5.66 Å². The highest BCUT2D eigenvalue weighted by Crippen LogP contribution is 2.43. The summed E-state index contributed by atoms with van der Waals surface area (Å²) in [5.41, 5.74) is 2.53. The number of para-hydroxylation sites is 1. The van der Waals surface area contributed by atoms with E-state index in [4.69, 9.17) is 4.74 Å². The molecule has 3 amide bonds. The molecule has 0 bridgehead atoms. The second kappa shape index (κ2) is 9.12. The third-order valence-electron chi connectivity index (χ3n) is 6.29. The summed E-state index contributed by atoms with van der Waals surface area (Å²) in [6, 6.07) is 15.1. The van der Waals surface area contributed by atoms with Crippen LogP contribution in [0.3, 0.4) is 0 Å². The van der Waals surface area contributed by atoms with Crippen LogP contribution in [0.25, 0.3) is 0 Å². The van der Waals surface area contributed by atoms with Crippen LogP contribution in [-0.4, -0.2) is 41.4 Å². The zero-order valence-electron chi connectivity index (χ0n) is 18.6. The standard InChI is InChI=1S/C25H29N3O4/c1-3-32-17-19-10-8-18(9-11-19)16-26-22(29)13-15-27-24(31)20-6-4-5-7-21(20)28-23(30)12-14-25(27,28)2/h4-11H,3,12-17H2,1-2H3,(H,26,29). The van der Waals surface area contributed by atoms with E-state index in [1.54, 1.807) is 21.9 Å². The Morgan fingerprint density at radius 2 is 1.81 bits per heavy atom. The summed E-state index contributed by atoms with van der Waals surface area (Å²) >= 11 is 0. The molecule has 1 unspecified atom stereocenters. The lowest BCUT2D eigenvalue weighted by atomic mass is 9.98. The minimum Gasteiger partial charge on any atom is -0.377 e. The summed E-state index contributed by atoms with van der Waals surface area (Å²) in [4.78, 5) is 41.8. The summed E-state index contributed by atoms with van der Waals surface area (Å²) < 4.78 is 5.40. The topological polar surface area (TPSA) is 79.0 Å². The van der Waals surface area contributed by atoms with Gasteiger partial charge in [0.15, 0.2) is 0 Å². The maximum Gasteiger partial charge on any atom is 0.257 e. The Kier molecular flexibility index (Phi) is 6.28. The Bertz CT molecular complexity index is 1020. The number of benzene rings is 2. The molecule has 4 rings (SSSR count). The van der Waals surface area contributed by atoms with Gasteiger partial charge in [0.1, 0.15) is 5.66 Å². The molecular formula is C25H29N3O4. The van der Waals surface area contributed by atoms with Crippen LogP contribution in [0.2, 0.25) is 0 Å². The highest BCUT2D eigenvalue weighted by molar-refractivity contribution is 6.10. The van der Waals surface area contributed by atoms with E-state index in [1.807, 2.05) is 50.2 Å². The van der Waals surface area contributed by atoms with Crippen molar-refractivity contribution in [1.82, 2.24) is 10.2 Å². The van der Waals surface area contributed by atoms with Crippen LogP contribution in [0.4, 0.5) is 5.69 Å². The monoisotopic (exact) mass is 435 g/mol. The van der Waals surface area contributed by atoms with Crippen LogP contribution in [0.15, 0.2) is 48.5 Å². The number of carbonyl (C=O) groups excluding carboxylic acids is 3. The second-order valence-electron chi connectivity index (χ2n) is 8.40. The summed E-state index contributed by atoms with van der Waals surface area (Å²) in [5, 5.41) is 2.93. The number of nitrogens with one attached hydrogen (secondary N) is 1. The Morgan fingerprint density at radius 3 is 2.56 bits per heavy atom. The molecule has 0 aromatic heterocycles. The molecule has 2 heterocycles. The molecule has 1 atom stereocenters. The molecule has 0 aliphatic carbocycles. The Labute approximate surface area is 188 Å². The van der Waals surface area contributed by atoms with Gasteiger partial charge in [0.05, 0.1) is 17.9 Å². The minimum absolute atomic E-state index is 0.00897. The van der Waals surface area contributed by atoms with E-state index in [1.165, 1.54) is 0 Å². The zero-order chi connectivity index (χ0) is 22.7. The molecule has 1 N–H and O–H groups in total. The lowest BCUT2D eigenvalue weighted by Crippen LogP contribution is -2.62. The Morgan fingerprint density at radius 1 is 1.09 bits per heavy atom. The number of ether oxygens (including phenoxy) is 1. The van der Waals surface area contributed by atoms with Crippen molar-refractivity contribution in [3.63, 3.8) is 0 Å². The minimum atomic E-state index is -0.737. The number of carbonyl (C=O) groups is 3. The molecule has 1 fully saturated rings. The van der Waals surface area contributed by atoms with E-state index in [0.29, 0.717) is 43.9 Å². The van der Waals surface area contributed by atoms with Crippen molar-refractivity contribution in [3.8, 4) is 0 Å². The van der Waals surface area contributed by atoms with Gasteiger partial charge in [-0.05, 0) is 43.5 Å². The van der Waals surface area contributed by atoms with Gasteiger partial charge in [0, 0.05) is 32.5 Å². The van der Waals surface area contributed by atoms with Gasteiger partial charge in [0.25, 0.3) is 5.91 Å². The van der Waals surface area contributed by atoms with Crippen molar-refractivity contribution in [1.29, 1.82) is 0 Å². The number of fused-ring (bicyclic) bond motifs is 3. The Balaban J connectivity index is 1.38. The lowest BCUT2D eigenvalue weighted by molar-refractivity contribution is -0.121. The molecule has 2 aliphatic heterocycles. The largest absolute Gasteiger partial charge is 0.377 e. The van der Waals surface area contributed by atoms with Gasteiger partial charge in [-0.1, -0.05) is 36.4 Å². The normalized spacial score (nSPS) is 19.7. The van der Waals surface area contributed by atoms with Crippen molar-refractivity contribution < 1.29 is 19.1 Å². The van der Waals surface area contributed by atoms with E-state index in [9.17, 15) is 14.4 Å². The average Bonchev–Trinajstić information content (AvgIpc) is 3.11. The molecule has 7 heteroatoms. The van der Waals surface area contributed by atoms with Crippen molar-refractivity contribution >= 4 is 23.4 Å². The van der Waals surface area contributed by atoms with E-state index in [2.05, 4.69) is 5.32 Å². The summed E-state index contributed by atoms with van der Waals surface area (Å²) in [7, 11) is 0. The maximum atomic E-state index is 13.2. The van der Waals surface area contributed by atoms with Crippen LogP contribution < -0.4 is 10.2 Å². The molecule has 0 spiro atoms. The average molecular weight is 436 g/mol. The fraction of sp³-hybridized carbons (Fsp3) is 0.400. The highest BCUT2D eigenvalue weighted by atomic mass is 16.5. The maximum absolute atomic E-state index is 13.2. The van der Waals surface area contributed by atoms with Gasteiger partial charge in [0.2, 0.25) is 11.8 Å². The molecule has 7 nitrogen and oxygen atoms in total. The SMILES string of the molecule is CCOCc1ccc(CNC(=O)CCN2C(=O)c3ccccc3N3C(=O)CCC23C)cc1. The predicted octanol–water partition coefficient (Wildman–Crippen LogP) is 3.23. The van der Waals surface area contributed by atoms with Crippen molar-refractivity contribution in [2.45, 2.75) is 51.9 Å². The van der Waals surface area contributed by atoms with Gasteiger partial charge >= 0.3 is 0 Å². The Hall–Kier alpha value is -3.19. The number of amides is 3. The third kappa shape index (κ3) is 4.12. The molecule has 2 aromatic carbocycles. The molecular weight excluding hydrogens is 406 g/mol.